The van der Waals surface area contributed by atoms with Gasteiger partial charge in [0.15, 0.2) is 0 Å². The average Bonchev–Trinajstić information content (AvgIpc) is 2.48. The average molecular weight is 286 g/mol. The monoisotopic (exact) mass is 286 g/mol. The van der Waals surface area contributed by atoms with Gasteiger partial charge in [-0.15, -0.1) is 0 Å². The molecule has 0 aliphatic heterocycles. The van der Waals surface area contributed by atoms with E-state index in [9.17, 15) is 4.79 Å². The van der Waals surface area contributed by atoms with Crippen LogP contribution in [0.3, 0.4) is 0 Å². The molecule has 0 atom stereocenters. The number of pyridine rings is 1. The van der Waals surface area contributed by atoms with Crippen LogP contribution in [-0.2, 0) is 4.74 Å². The molecule has 0 fully saturated rings. The number of nitrogens with zero attached hydrogens (tertiary/aromatic N) is 2. The molecule has 0 saturated heterocycles. The second-order valence-electron chi connectivity index (χ2n) is 4.73. The third-order valence-electron chi connectivity index (χ3n) is 2.94. The highest BCUT2D eigenvalue weighted by Crippen LogP contribution is 2.24. The van der Waals surface area contributed by atoms with Gasteiger partial charge >= 0.3 is 5.97 Å². The number of hydrogen-bond acceptors (Lipinski definition) is 6. The third kappa shape index (κ3) is 3.42. The first-order valence-electron chi connectivity index (χ1n) is 6.39. The molecule has 1 aromatic carbocycles. The molecule has 1 heterocycles. The fourth-order valence-corrected chi connectivity index (χ4v) is 1.84. The molecule has 0 radical (unpaired) electrons. The number of anilines is 4. The molecule has 6 heteroatoms. The van der Waals surface area contributed by atoms with Gasteiger partial charge in [-0.25, -0.2) is 9.78 Å². The molecule has 2 aromatic rings. The van der Waals surface area contributed by atoms with Crippen molar-refractivity contribution in [3.05, 3.63) is 42.1 Å². The first-order valence-corrected chi connectivity index (χ1v) is 6.39. The van der Waals surface area contributed by atoms with Gasteiger partial charge in [-0.3, -0.25) is 0 Å². The van der Waals surface area contributed by atoms with Crippen LogP contribution in [-0.4, -0.2) is 32.2 Å². The van der Waals surface area contributed by atoms with Gasteiger partial charge in [0.2, 0.25) is 0 Å². The number of nitrogens with one attached hydrogen (secondary N) is 1. The zero-order valence-electron chi connectivity index (χ0n) is 12.3. The fourth-order valence-electron chi connectivity index (χ4n) is 1.84. The van der Waals surface area contributed by atoms with E-state index in [0.29, 0.717) is 17.1 Å². The van der Waals surface area contributed by atoms with Crippen LogP contribution in [0.5, 0.6) is 0 Å². The largest absolute Gasteiger partial charge is 0.465 e. The van der Waals surface area contributed by atoms with Crippen molar-refractivity contribution in [2.75, 3.05) is 37.2 Å². The highest BCUT2D eigenvalue weighted by atomic mass is 16.5. The number of ether oxygens (including phenoxy) is 1. The predicted molar refractivity (Wildman–Crippen MR) is 84.0 cm³/mol. The van der Waals surface area contributed by atoms with Crippen LogP contribution in [0.2, 0.25) is 0 Å². The van der Waals surface area contributed by atoms with E-state index in [4.69, 9.17) is 10.5 Å². The van der Waals surface area contributed by atoms with Crippen LogP contribution in [0.4, 0.5) is 22.9 Å². The van der Waals surface area contributed by atoms with Crippen molar-refractivity contribution in [2.45, 2.75) is 0 Å². The van der Waals surface area contributed by atoms with Crippen LogP contribution in [0.1, 0.15) is 10.4 Å². The lowest BCUT2D eigenvalue weighted by atomic mass is 10.2. The number of aromatic nitrogens is 1. The number of hydrogen-bond donors (Lipinski definition) is 2. The Morgan fingerprint density at radius 1 is 1.33 bits per heavy atom. The summed E-state index contributed by atoms with van der Waals surface area (Å²) >= 11 is 0. The molecule has 1 aromatic heterocycles. The maximum absolute atomic E-state index is 11.8. The van der Waals surface area contributed by atoms with Crippen molar-refractivity contribution in [1.82, 2.24) is 4.98 Å². The number of esters is 1. The zero-order valence-corrected chi connectivity index (χ0v) is 12.3. The third-order valence-corrected chi connectivity index (χ3v) is 2.94. The molecule has 6 nitrogen and oxygen atoms in total. The highest BCUT2D eigenvalue weighted by Gasteiger charge is 2.14. The van der Waals surface area contributed by atoms with Gasteiger partial charge < -0.3 is 20.7 Å². The lowest BCUT2D eigenvalue weighted by Crippen LogP contribution is -2.10. The Hall–Kier alpha value is -2.76. The molecule has 0 aliphatic rings. The van der Waals surface area contributed by atoms with Crippen molar-refractivity contribution in [1.29, 1.82) is 0 Å². The summed E-state index contributed by atoms with van der Waals surface area (Å²) in [5, 5.41) is 3.12. The summed E-state index contributed by atoms with van der Waals surface area (Å²) in [6.45, 7) is 0. The van der Waals surface area contributed by atoms with Crippen LogP contribution in [0.15, 0.2) is 36.5 Å². The number of methoxy groups -OCH3 is 1. The Bertz CT molecular complexity index is 656. The minimum Gasteiger partial charge on any atom is -0.465 e. The molecule has 0 saturated carbocycles. The smallest absolute Gasteiger partial charge is 0.341 e. The Morgan fingerprint density at radius 3 is 2.76 bits per heavy atom. The topological polar surface area (TPSA) is 80.5 Å². The van der Waals surface area contributed by atoms with Gasteiger partial charge in [-0.1, -0.05) is 6.07 Å². The van der Waals surface area contributed by atoms with Crippen molar-refractivity contribution < 1.29 is 9.53 Å². The normalized spacial score (nSPS) is 10.0. The Kier molecular flexibility index (Phi) is 4.27. The first-order chi connectivity index (χ1) is 10.0. The van der Waals surface area contributed by atoms with E-state index < -0.39 is 5.97 Å². The molecule has 110 valence electrons. The standard InChI is InChI=1S/C15H18N4O2/c1-19(2)12-6-4-5-11(8-12)18-14-13(15(20)21-3)7-10(16)9-17-14/h4-9H,16H2,1-3H3,(H,17,18). The predicted octanol–water partition coefficient (Wildman–Crippen LogP) is 2.26. The Balaban J connectivity index is 2.35. The molecule has 3 N–H and O–H groups in total. The number of carbonyl (C=O) groups is 1. The molecule has 0 spiro atoms. The van der Waals surface area contributed by atoms with E-state index in [1.54, 1.807) is 0 Å². The molecule has 21 heavy (non-hydrogen) atoms. The summed E-state index contributed by atoms with van der Waals surface area (Å²) in [6.07, 6.45) is 1.49. The maximum Gasteiger partial charge on any atom is 0.341 e. The minimum atomic E-state index is -0.485. The minimum absolute atomic E-state index is 0.299. The van der Waals surface area contributed by atoms with E-state index in [1.807, 2.05) is 43.3 Å². The summed E-state index contributed by atoms with van der Waals surface area (Å²) in [5.74, 6) is -0.0759. The van der Waals surface area contributed by atoms with Crippen molar-refractivity contribution >= 4 is 28.8 Å². The fraction of sp³-hybridized carbons (Fsp3) is 0.200. The molecular formula is C15H18N4O2. The van der Waals surface area contributed by atoms with E-state index in [0.717, 1.165) is 11.4 Å². The van der Waals surface area contributed by atoms with Gasteiger partial charge in [-0.2, -0.15) is 0 Å². The molecule has 0 aliphatic carbocycles. The van der Waals surface area contributed by atoms with E-state index >= 15 is 0 Å². The summed E-state index contributed by atoms with van der Waals surface area (Å²) < 4.78 is 4.75. The summed E-state index contributed by atoms with van der Waals surface area (Å²) in [5.41, 5.74) is 8.24. The molecule has 0 amide bonds. The van der Waals surface area contributed by atoms with Gasteiger partial charge in [0.25, 0.3) is 0 Å². The van der Waals surface area contributed by atoms with Crippen molar-refractivity contribution in [2.24, 2.45) is 0 Å². The molecule has 0 bridgehead atoms. The van der Waals surface area contributed by atoms with Crippen LogP contribution < -0.4 is 16.0 Å². The van der Waals surface area contributed by atoms with Gasteiger partial charge in [0.1, 0.15) is 11.4 Å². The summed E-state index contributed by atoms with van der Waals surface area (Å²) in [7, 11) is 5.24. The second-order valence-corrected chi connectivity index (χ2v) is 4.73. The summed E-state index contributed by atoms with van der Waals surface area (Å²) in [6, 6.07) is 9.30. The number of nitrogen functional groups attached to an aromatic ring is 1. The number of benzene rings is 1. The quantitative estimate of drug-likeness (QED) is 0.839. The Labute approximate surface area is 123 Å². The molecule has 0 unspecified atom stereocenters. The SMILES string of the molecule is COC(=O)c1cc(N)cnc1Nc1cccc(N(C)C)c1. The zero-order chi connectivity index (χ0) is 15.4. The van der Waals surface area contributed by atoms with Crippen LogP contribution >= 0.6 is 0 Å². The second kappa shape index (κ2) is 6.13. The number of nitrogens with two attached hydrogens (primary N) is 1. The van der Waals surface area contributed by atoms with Crippen LogP contribution in [0, 0.1) is 0 Å². The van der Waals surface area contributed by atoms with Gasteiger partial charge in [0.05, 0.1) is 19.0 Å². The number of carbonyl (C=O) groups excluding carboxylic acids is 1. The maximum atomic E-state index is 11.8. The first kappa shape index (κ1) is 14.6. The van der Waals surface area contributed by atoms with E-state index in [-0.39, 0.29) is 0 Å². The molecule has 2 rings (SSSR count). The Morgan fingerprint density at radius 2 is 2.10 bits per heavy atom. The van der Waals surface area contributed by atoms with Gasteiger partial charge in [-0.05, 0) is 24.3 Å². The lowest BCUT2D eigenvalue weighted by Gasteiger charge is -2.15. The lowest BCUT2D eigenvalue weighted by molar-refractivity contribution is 0.0601. The van der Waals surface area contributed by atoms with E-state index in [1.165, 1.54) is 19.4 Å². The molecular weight excluding hydrogens is 268 g/mol. The number of rotatable bonds is 4. The summed E-state index contributed by atoms with van der Waals surface area (Å²) in [4.78, 5) is 17.9. The van der Waals surface area contributed by atoms with Crippen LogP contribution in [0.25, 0.3) is 0 Å². The van der Waals surface area contributed by atoms with Gasteiger partial charge in [0, 0.05) is 25.5 Å². The highest BCUT2D eigenvalue weighted by molar-refractivity contribution is 5.96. The van der Waals surface area contributed by atoms with E-state index in [2.05, 4.69) is 10.3 Å². The van der Waals surface area contributed by atoms with Crippen molar-refractivity contribution in [3.63, 3.8) is 0 Å². The van der Waals surface area contributed by atoms with Crippen molar-refractivity contribution in [3.8, 4) is 0 Å².